The van der Waals surface area contributed by atoms with Gasteiger partial charge in [0, 0.05) is 34.3 Å². The van der Waals surface area contributed by atoms with Gasteiger partial charge in [-0.25, -0.2) is 4.79 Å². The van der Waals surface area contributed by atoms with Gasteiger partial charge in [0.1, 0.15) is 11.3 Å². The summed E-state index contributed by atoms with van der Waals surface area (Å²) in [7, 11) is 1.37. The lowest BCUT2D eigenvalue weighted by Crippen LogP contribution is -3.00. The van der Waals surface area contributed by atoms with Crippen molar-refractivity contribution in [3.8, 4) is 22.5 Å². The fraction of sp³-hybridized carbons (Fsp3) is 0.0476. The van der Waals surface area contributed by atoms with Gasteiger partial charge in [0.2, 0.25) is 0 Å². The van der Waals surface area contributed by atoms with E-state index in [1.807, 2.05) is 42.5 Å². The van der Waals surface area contributed by atoms with Gasteiger partial charge >= 0.3 is 5.97 Å². The molecule has 2 aliphatic rings. The zero-order chi connectivity index (χ0) is 18.3. The number of rotatable bonds is 2. The molecule has 0 spiro atoms. The number of ether oxygens (including phenoxy) is 1. The fourth-order valence-electron chi connectivity index (χ4n) is 3.20. The predicted octanol–water partition coefficient (Wildman–Crippen LogP) is -0.763. The molecule has 1 heterocycles. The van der Waals surface area contributed by atoms with E-state index in [-0.39, 0.29) is 24.0 Å². The van der Waals surface area contributed by atoms with Gasteiger partial charge in [-0.3, -0.25) is 5.41 Å². The summed E-state index contributed by atoms with van der Waals surface area (Å²) in [6, 6.07) is 18.3. The van der Waals surface area contributed by atoms with Gasteiger partial charge in [-0.05, 0) is 29.8 Å². The van der Waals surface area contributed by atoms with Crippen LogP contribution in [0, 0.1) is 0 Å². The molecule has 5 nitrogen and oxygen atoms in total. The molecular formula is C21H17IN2O3. The molecule has 6 heteroatoms. The van der Waals surface area contributed by atoms with Crippen LogP contribution < -0.4 is 40.5 Å². The summed E-state index contributed by atoms with van der Waals surface area (Å²) in [6.07, 6.45) is 0. The third-order valence-electron chi connectivity index (χ3n) is 4.37. The second-order valence-electron chi connectivity index (χ2n) is 6.03. The minimum absolute atomic E-state index is 0. The maximum Gasteiger partial charge on any atom is 0.338 e. The Kier molecular flexibility index (Phi) is 5.18. The molecule has 0 aromatic heterocycles. The van der Waals surface area contributed by atoms with Crippen LogP contribution in [0.1, 0.15) is 10.4 Å². The molecule has 0 unspecified atom stereocenters. The third kappa shape index (κ3) is 3.28. The Morgan fingerprint density at radius 3 is 2.59 bits per heavy atom. The minimum atomic E-state index is -0.395. The molecule has 2 aromatic carbocycles. The average molecular weight is 470 g/mol. The molecule has 0 bridgehead atoms. The molecule has 0 saturated carbocycles. The smallest absolute Gasteiger partial charge is 0.338 e. The van der Waals surface area contributed by atoms with Crippen LogP contribution in [0.25, 0.3) is 33.4 Å². The van der Waals surface area contributed by atoms with Crippen LogP contribution >= 0.6 is 0 Å². The maximum atomic E-state index is 12.3. The number of anilines is 1. The Morgan fingerprint density at radius 1 is 1.04 bits per heavy atom. The van der Waals surface area contributed by atoms with Gasteiger partial charge < -0.3 is 38.9 Å². The summed E-state index contributed by atoms with van der Waals surface area (Å²) >= 11 is 0. The number of esters is 1. The highest BCUT2D eigenvalue weighted by atomic mass is 125. The number of hydrogen-bond acceptors (Lipinski definition) is 4. The number of carbonyl (C=O) groups is 1. The van der Waals surface area contributed by atoms with Gasteiger partial charge in [0.15, 0.2) is 5.36 Å². The van der Waals surface area contributed by atoms with Crippen LogP contribution in [0.2, 0.25) is 0 Å². The first kappa shape index (κ1) is 18.9. The summed E-state index contributed by atoms with van der Waals surface area (Å²) in [5, 5.41) is 7.38. The van der Waals surface area contributed by atoms with Crippen molar-refractivity contribution in [1.82, 2.24) is 0 Å². The van der Waals surface area contributed by atoms with E-state index in [9.17, 15) is 4.79 Å². The highest BCUT2D eigenvalue weighted by Crippen LogP contribution is 2.41. The van der Waals surface area contributed by atoms with E-state index in [1.54, 1.807) is 18.2 Å². The van der Waals surface area contributed by atoms with Crippen molar-refractivity contribution in [2.24, 2.45) is 0 Å². The number of nitrogen functional groups attached to an aromatic ring is 1. The third-order valence-corrected chi connectivity index (χ3v) is 4.37. The second kappa shape index (κ2) is 7.40. The molecule has 0 radical (unpaired) electrons. The van der Waals surface area contributed by atoms with Crippen molar-refractivity contribution in [2.75, 3.05) is 12.8 Å². The minimum Gasteiger partial charge on any atom is -1.00 e. The molecule has 0 saturated heterocycles. The number of halogens is 1. The molecule has 0 fully saturated rings. The topological polar surface area (TPSA) is 91.0 Å². The number of methoxy groups -OCH3 is 1. The lowest BCUT2D eigenvalue weighted by atomic mass is 9.91. The average Bonchev–Trinajstić information content (AvgIpc) is 2.65. The fourth-order valence-corrected chi connectivity index (χ4v) is 3.20. The van der Waals surface area contributed by atoms with Gasteiger partial charge in [-0.15, -0.1) is 0 Å². The Balaban J connectivity index is 0.00000210. The Bertz CT molecular complexity index is 1180. The van der Waals surface area contributed by atoms with Crippen molar-refractivity contribution in [1.29, 1.82) is 0 Å². The van der Waals surface area contributed by atoms with Crippen molar-refractivity contribution in [3.05, 3.63) is 71.6 Å². The lowest BCUT2D eigenvalue weighted by Gasteiger charge is -2.17. The largest absolute Gasteiger partial charge is 1.00 e. The highest BCUT2D eigenvalue weighted by Gasteiger charge is 2.21. The quantitative estimate of drug-likeness (QED) is 0.175. The Labute approximate surface area is 172 Å². The first-order chi connectivity index (χ1) is 12.6. The summed E-state index contributed by atoms with van der Waals surface area (Å²) in [5.41, 5.74) is 10.1. The van der Waals surface area contributed by atoms with Crippen molar-refractivity contribution in [3.63, 3.8) is 0 Å². The van der Waals surface area contributed by atoms with Gasteiger partial charge in [-0.1, -0.05) is 18.2 Å². The molecule has 1 aliphatic heterocycles. The summed E-state index contributed by atoms with van der Waals surface area (Å²) in [4.78, 5) is 12.3. The zero-order valence-corrected chi connectivity index (χ0v) is 16.7. The van der Waals surface area contributed by atoms with E-state index in [4.69, 9.17) is 20.3 Å². The number of benzene rings is 3. The van der Waals surface area contributed by atoms with Crippen LogP contribution in [-0.2, 0) is 4.74 Å². The van der Waals surface area contributed by atoms with E-state index < -0.39 is 5.97 Å². The van der Waals surface area contributed by atoms with Crippen molar-refractivity contribution < 1.29 is 43.3 Å². The number of fused-ring (bicyclic) bond motifs is 2. The van der Waals surface area contributed by atoms with Gasteiger partial charge in [-0.2, -0.15) is 0 Å². The van der Waals surface area contributed by atoms with Crippen LogP contribution in [0.5, 0.6) is 0 Å². The molecule has 27 heavy (non-hydrogen) atoms. The number of nitrogens with two attached hydrogens (primary N) is 2. The molecular weight excluding hydrogens is 453 g/mol. The summed E-state index contributed by atoms with van der Waals surface area (Å²) in [6.45, 7) is 0. The van der Waals surface area contributed by atoms with Crippen molar-refractivity contribution >= 4 is 22.6 Å². The lowest BCUT2D eigenvalue weighted by molar-refractivity contribution is -0.172. The van der Waals surface area contributed by atoms with Crippen LogP contribution in [0.4, 0.5) is 5.69 Å². The normalized spacial score (nSPS) is 10.6. The predicted molar refractivity (Wildman–Crippen MR) is 99.1 cm³/mol. The van der Waals surface area contributed by atoms with Gasteiger partial charge in [0.05, 0.1) is 18.7 Å². The molecule has 0 amide bonds. The van der Waals surface area contributed by atoms with Crippen LogP contribution in [0.15, 0.2) is 65.1 Å². The zero-order valence-electron chi connectivity index (χ0n) is 14.5. The molecule has 0 atom stereocenters. The molecule has 1 aliphatic carbocycles. The molecule has 4 N–H and O–H groups in total. The standard InChI is InChI=1S/C21H16N2O3.HI/c1-25-21(24)15-5-3-2-4-14(15)20-16-8-6-12(22)10-18(16)26-19-11-13(23)7-9-17(19)20;/h2-11,22H,23H2,1H3;1H/i;1-2. The highest BCUT2D eigenvalue weighted by molar-refractivity contribution is 6.08. The first-order valence-corrected chi connectivity index (χ1v) is 8.11. The number of carbonyl (C=O) groups excluding carboxylic acids is 1. The molecule has 4 rings (SSSR count). The summed E-state index contributed by atoms with van der Waals surface area (Å²) < 4.78 is 11.0. The first-order valence-electron chi connectivity index (χ1n) is 8.11. The molecule has 136 valence electrons. The van der Waals surface area contributed by atoms with E-state index in [2.05, 4.69) is 0 Å². The van der Waals surface area contributed by atoms with E-state index in [0.717, 1.165) is 22.1 Å². The Hall–Kier alpha value is -2.87. The van der Waals surface area contributed by atoms with E-state index >= 15 is 0 Å². The monoisotopic (exact) mass is 470 g/mol. The molecule has 2 aromatic rings. The SMILES string of the molecule is COC(=O)c1ccccc1-c1c2ccc(=[NH2+])cc-2oc2cc(N)ccc12.[125I-]. The van der Waals surface area contributed by atoms with Crippen molar-refractivity contribution in [2.45, 2.75) is 0 Å². The van der Waals surface area contributed by atoms with E-state index in [1.165, 1.54) is 7.11 Å². The van der Waals surface area contributed by atoms with Gasteiger partial charge in [0.25, 0.3) is 0 Å². The Morgan fingerprint density at radius 2 is 1.81 bits per heavy atom. The van der Waals surface area contributed by atoms with E-state index in [0.29, 0.717) is 28.0 Å². The summed E-state index contributed by atoms with van der Waals surface area (Å²) in [5.74, 6) is 0.228. The second-order valence-corrected chi connectivity index (χ2v) is 6.03. The van der Waals surface area contributed by atoms with Crippen LogP contribution in [-0.4, -0.2) is 13.1 Å². The number of hydrogen-bond donors (Lipinski definition) is 2. The van der Waals surface area contributed by atoms with Crippen LogP contribution in [0.3, 0.4) is 0 Å². The maximum absolute atomic E-state index is 12.3.